The van der Waals surface area contributed by atoms with Crippen LogP contribution in [0.4, 0.5) is 4.39 Å². The average Bonchev–Trinajstić information content (AvgIpc) is 2.40. The van der Waals surface area contributed by atoms with Gasteiger partial charge in [0.15, 0.2) is 18.2 Å². The fraction of sp³-hybridized carbons (Fsp3) is 0.133. The maximum atomic E-state index is 12.7. The van der Waals surface area contributed by atoms with Gasteiger partial charge in [-0.1, -0.05) is 0 Å². The number of halogens is 2. The number of benzene rings is 1. The van der Waals surface area contributed by atoms with Gasteiger partial charge in [-0.15, -0.1) is 0 Å². The summed E-state index contributed by atoms with van der Waals surface area (Å²) in [5.41, 5.74) is 1.06. The predicted octanol–water partition coefficient (Wildman–Crippen LogP) is -0.797. The van der Waals surface area contributed by atoms with Crippen LogP contribution in [-0.2, 0) is 6.54 Å². The van der Waals surface area contributed by atoms with Gasteiger partial charge < -0.3 is 17.0 Å². The number of ketones is 2. The molecule has 0 spiro atoms. The highest BCUT2D eigenvalue weighted by atomic mass is 79.9. The van der Waals surface area contributed by atoms with Crippen molar-refractivity contribution in [3.63, 3.8) is 0 Å². The van der Waals surface area contributed by atoms with E-state index in [4.69, 9.17) is 0 Å². The highest BCUT2D eigenvalue weighted by Gasteiger charge is 2.12. The zero-order valence-electron chi connectivity index (χ0n) is 10.8. The Labute approximate surface area is 126 Å². The largest absolute Gasteiger partial charge is 1.00 e. The second-order valence-electron chi connectivity index (χ2n) is 4.25. The summed E-state index contributed by atoms with van der Waals surface area (Å²) in [7, 11) is 0. The monoisotopic (exact) mass is 337 g/mol. The minimum atomic E-state index is -0.366. The third kappa shape index (κ3) is 4.06. The number of Topliss-reactive ketones (excluding diaryl/α,β-unsaturated/α-hetero) is 2. The Morgan fingerprint density at radius 1 is 1.00 bits per heavy atom. The van der Waals surface area contributed by atoms with Gasteiger partial charge in [0.25, 0.3) is 0 Å². The molecule has 1 aromatic heterocycles. The van der Waals surface area contributed by atoms with Gasteiger partial charge in [-0.05, 0) is 31.2 Å². The Morgan fingerprint density at radius 3 is 2.05 bits per heavy atom. The van der Waals surface area contributed by atoms with E-state index >= 15 is 0 Å². The summed E-state index contributed by atoms with van der Waals surface area (Å²) in [6.07, 6.45) is 3.36. The normalized spacial score (nSPS) is 9.70. The second kappa shape index (κ2) is 7.05. The van der Waals surface area contributed by atoms with Crippen molar-refractivity contribution in [2.45, 2.75) is 13.5 Å². The summed E-state index contributed by atoms with van der Waals surface area (Å²) in [6, 6.07) is 8.78. The minimum absolute atomic E-state index is 0. The maximum absolute atomic E-state index is 12.7. The first-order valence-corrected chi connectivity index (χ1v) is 5.85. The first kappa shape index (κ1) is 16.2. The number of pyridine rings is 1. The van der Waals surface area contributed by atoms with Crippen molar-refractivity contribution in [2.75, 3.05) is 0 Å². The zero-order chi connectivity index (χ0) is 13.8. The summed E-state index contributed by atoms with van der Waals surface area (Å²) < 4.78 is 14.4. The van der Waals surface area contributed by atoms with E-state index in [0.717, 1.165) is 0 Å². The van der Waals surface area contributed by atoms with Crippen molar-refractivity contribution in [2.24, 2.45) is 0 Å². The Kier molecular flexibility index (Phi) is 5.70. The highest BCUT2D eigenvalue weighted by Crippen LogP contribution is 2.04. The van der Waals surface area contributed by atoms with E-state index in [1.54, 1.807) is 29.1 Å². The topological polar surface area (TPSA) is 38.0 Å². The molecule has 20 heavy (non-hydrogen) atoms. The molecule has 0 aliphatic carbocycles. The first-order chi connectivity index (χ1) is 9.06. The minimum Gasteiger partial charge on any atom is -1.00 e. The summed E-state index contributed by atoms with van der Waals surface area (Å²) >= 11 is 0. The number of carbonyl (C=O) groups is 2. The van der Waals surface area contributed by atoms with Crippen molar-refractivity contribution in [1.82, 2.24) is 0 Å². The van der Waals surface area contributed by atoms with Crippen molar-refractivity contribution in [1.29, 1.82) is 0 Å². The van der Waals surface area contributed by atoms with Gasteiger partial charge >= 0.3 is 0 Å². The van der Waals surface area contributed by atoms with Crippen molar-refractivity contribution in [3.8, 4) is 0 Å². The fourth-order valence-corrected chi connectivity index (χ4v) is 1.69. The number of rotatable bonds is 4. The van der Waals surface area contributed by atoms with E-state index in [1.807, 2.05) is 0 Å². The molecule has 2 rings (SSSR count). The van der Waals surface area contributed by atoms with Crippen molar-refractivity contribution in [3.05, 3.63) is 65.7 Å². The molecule has 0 N–H and O–H groups in total. The van der Waals surface area contributed by atoms with Crippen molar-refractivity contribution < 1.29 is 35.5 Å². The number of hydrogen-bond acceptors (Lipinski definition) is 2. The van der Waals surface area contributed by atoms with E-state index in [-0.39, 0.29) is 40.9 Å². The van der Waals surface area contributed by atoms with Crippen LogP contribution in [0.3, 0.4) is 0 Å². The molecule has 5 heteroatoms. The van der Waals surface area contributed by atoms with Crippen LogP contribution in [0.2, 0.25) is 0 Å². The molecule has 0 amide bonds. The van der Waals surface area contributed by atoms with E-state index in [0.29, 0.717) is 11.1 Å². The van der Waals surface area contributed by atoms with Gasteiger partial charge in [0.2, 0.25) is 12.3 Å². The first-order valence-electron chi connectivity index (χ1n) is 5.85. The van der Waals surface area contributed by atoms with Crippen LogP contribution in [-0.4, -0.2) is 11.6 Å². The third-order valence-electron chi connectivity index (χ3n) is 2.79. The molecule has 104 valence electrons. The molecule has 0 fully saturated rings. The fourth-order valence-electron chi connectivity index (χ4n) is 1.69. The van der Waals surface area contributed by atoms with Gasteiger partial charge in [-0.25, -0.2) is 4.39 Å². The summed E-state index contributed by atoms with van der Waals surface area (Å²) in [6.45, 7) is 1.65. The standard InChI is InChI=1S/C15H13FNO2.BrH/c1-11(18)12-6-8-17(9-7-12)10-15(19)13-2-4-14(16)5-3-13;/h2-9H,10H2,1H3;1H/q+1;/p-1. The van der Waals surface area contributed by atoms with Crippen LogP contribution in [0.1, 0.15) is 27.6 Å². The van der Waals surface area contributed by atoms with Crippen LogP contribution in [0.15, 0.2) is 48.8 Å². The molecule has 0 atom stereocenters. The van der Waals surface area contributed by atoms with Crippen molar-refractivity contribution >= 4 is 11.6 Å². The third-order valence-corrected chi connectivity index (χ3v) is 2.79. The van der Waals surface area contributed by atoms with E-state index < -0.39 is 0 Å². The summed E-state index contributed by atoms with van der Waals surface area (Å²) in [4.78, 5) is 23.1. The Bertz CT molecular complexity index is 609. The van der Waals surface area contributed by atoms with Crippen LogP contribution in [0.25, 0.3) is 0 Å². The molecule has 3 nitrogen and oxygen atoms in total. The number of carbonyl (C=O) groups excluding carboxylic acids is 2. The Hall–Kier alpha value is -1.88. The van der Waals surface area contributed by atoms with Gasteiger partial charge in [0.1, 0.15) is 5.82 Å². The molecule has 0 aliphatic heterocycles. The molecular weight excluding hydrogens is 325 g/mol. The van der Waals surface area contributed by atoms with Gasteiger partial charge in [-0.3, -0.25) is 9.59 Å². The maximum Gasteiger partial charge on any atom is 0.227 e. The molecule has 0 unspecified atom stereocenters. The van der Waals surface area contributed by atoms with Crippen LogP contribution >= 0.6 is 0 Å². The quantitative estimate of drug-likeness (QED) is 0.541. The molecule has 0 saturated heterocycles. The lowest BCUT2D eigenvalue weighted by Crippen LogP contribution is -3.00. The molecule has 1 heterocycles. The Balaban J connectivity index is 0.00000200. The van der Waals surface area contributed by atoms with Crippen LogP contribution in [0.5, 0.6) is 0 Å². The second-order valence-corrected chi connectivity index (χ2v) is 4.25. The average molecular weight is 338 g/mol. The molecule has 0 radical (unpaired) electrons. The smallest absolute Gasteiger partial charge is 0.227 e. The van der Waals surface area contributed by atoms with Crippen LogP contribution < -0.4 is 21.5 Å². The van der Waals surface area contributed by atoms with Gasteiger partial charge in [0.05, 0.1) is 0 Å². The molecule has 2 aromatic rings. The lowest BCUT2D eigenvalue weighted by Gasteiger charge is -1.99. The SMILES string of the molecule is CC(=O)c1cc[n+](CC(=O)c2ccc(F)cc2)cc1.[Br-]. The molecule has 0 bridgehead atoms. The van der Waals surface area contributed by atoms with E-state index in [9.17, 15) is 14.0 Å². The molecular formula is C15H13BrFNO2. The molecule has 0 aliphatic rings. The van der Waals surface area contributed by atoms with Gasteiger partial charge in [0, 0.05) is 23.3 Å². The molecule has 0 saturated carbocycles. The lowest BCUT2D eigenvalue weighted by molar-refractivity contribution is -0.683. The predicted molar refractivity (Wildman–Crippen MR) is 67.4 cm³/mol. The Morgan fingerprint density at radius 2 is 1.55 bits per heavy atom. The number of nitrogens with zero attached hydrogens (tertiary/aromatic N) is 1. The van der Waals surface area contributed by atoms with E-state index in [2.05, 4.69) is 0 Å². The number of hydrogen-bond donors (Lipinski definition) is 0. The molecule has 1 aromatic carbocycles. The zero-order valence-corrected chi connectivity index (χ0v) is 12.4. The summed E-state index contributed by atoms with van der Waals surface area (Å²) in [5.74, 6) is -0.493. The summed E-state index contributed by atoms with van der Waals surface area (Å²) in [5, 5.41) is 0. The lowest BCUT2D eigenvalue weighted by atomic mass is 10.1. The number of aromatic nitrogens is 1. The van der Waals surface area contributed by atoms with Crippen LogP contribution in [0, 0.1) is 5.82 Å². The highest BCUT2D eigenvalue weighted by molar-refractivity contribution is 5.95. The van der Waals surface area contributed by atoms with Gasteiger partial charge in [-0.2, -0.15) is 4.57 Å². The van der Waals surface area contributed by atoms with E-state index in [1.165, 1.54) is 31.2 Å².